The summed E-state index contributed by atoms with van der Waals surface area (Å²) in [4.78, 5) is 24.9. The molecule has 158 valence electrons. The van der Waals surface area contributed by atoms with Gasteiger partial charge in [-0.25, -0.2) is 4.98 Å². The average molecular weight is 426 g/mol. The van der Waals surface area contributed by atoms with Crippen molar-refractivity contribution in [3.63, 3.8) is 0 Å². The third kappa shape index (κ3) is 4.43. The van der Waals surface area contributed by atoms with Gasteiger partial charge in [-0.15, -0.1) is 11.8 Å². The standard InChI is InChI=1S/C22H27N5O2S/c1-3-18-19-20(24-14-25-22(19)29-26-18)27-12-4-5-16(13-27)21(28)23-11-10-15-6-8-17(30-2)9-7-15/h6-9,14,16H,3-5,10-13H2,1-2H3,(H,23,28)/t16-/m0/s1. The van der Waals surface area contributed by atoms with Crippen LogP contribution < -0.4 is 10.2 Å². The van der Waals surface area contributed by atoms with Gasteiger partial charge in [-0.1, -0.05) is 24.2 Å². The van der Waals surface area contributed by atoms with Crippen molar-refractivity contribution in [3.8, 4) is 0 Å². The number of nitrogens with zero attached hydrogens (tertiary/aromatic N) is 4. The highest BCUT2D eigenvalue weighted by molar-refractivity contribution is 7.98. The maximum Gasteiger partial charge on any atom is 0.263 e. The summed E-state index contributed by atoms with van der Waals surface area (Å²) in [7, 11) is 0. The van der Waals surface area contributed by atoms with Gasteiger partial charge in [-0.05, 0) is 49.6 Å². The van der Waals surface area contributed by atoms with E-state index in [1.165, 1.54) is 16.8 Å². The van der Waals surface area contributed by atoms with E-state index in [9.17, 15) is 4.79 Å². The summed E-state index contributed by atoms with van der Waals surface area (Å²) in [5.74, 6) is 0.892. The molecule has 30 heavy (non-hydrogen) atoms. The number of fused-ring (bicyclic) bond motifs is 1. The number of piperidine rings is 1. The normalized spacial score (nSPS) is 16.7. The minimum absolute atomic E-state index is 0.0485. The zero-order valence-corrected chi connectivity index (χ0v) is 18.2. The fourth-order valence-electron chi connectivity index (χ4n) is 3.96. The van der Waals surface area contributed by atoms with Crippen LogP contribution in [0.1, 0.15) is 31.0 Å². The number of benzene rings is 1. The molecule has 0 spiro atoms. The van der Waals surface area contributed by atoms with Crippen molar-refractivity contribution in [2.75, 3.05) is 30.8 Å². The molecule has 3 heterocycles. The number of carbonyl (C=O) groups excluding carboxylic acids is 1. The lowest BCUT2D eigenvalue weighted by Crippen LogP contribution is -2.44. The number of amides is 1. The third-order valence-electron chi connectivity index (χ3n) is 5.62. The van der Waals surface area contributed by atoms with Crippen LogP contribution in [0, 0.1) is 5.92 Å². The average Bonchev–Trinajstić information content (AvgIpc) is 3.23. The van der Waals surface area contributed by atoms with E-state index in [1.54, 1.807) is 11.8 Å². The number of hydrogen-bond acceptors (Lipinski definition) is 7. The minimum atomic E-state index is -0.0485. The predicted octanol–water partition coefficient (Wildman–Crippen LogP) is 3.48. The molecule has 1 aromatic carbocycles. The fraction of sp³-hybridized carbons (Fsp3) is 0.455. The second-order valence-electron chi connectivity index (χ2n) is 7.53. The number of aryl methyl sites for hydroxylation is 1. The molecule has 4 rings (SSSR count). The van der Waals surface area contributed by atoms with Gasteiger partial charge in [-0.3, -0.25) is 4.79 Å². The maximum absolute atomic E-state index is 12.8. The van der Waals surface area contributed by atoms with E-state index >= 15 is 0 Å². The van der Waals surface area contributed by atoms with E-state index in [4.69, 9.17) is 4.52 Å². The van der Waals surface area contributed by atoms with E-state index in [1.807, 2.05) is 6.92 Å². The van der Waals surface area contributed by atoms with Crippen LogP contribution in [0.5, 0.6) is 0 Å². The van der Waals surface area contributed by atoms with E-state index in [0.717, 1.165) is 49.1 Å². The molecule has 8 heteroatoms. The van der Waals surface area contributed by atoms with Gasteiger partial charge in [0, 0.05) is 24.5 Å². The number of carbonyl (C=O) groups is 1. The molecule has 2 aromatic heterocycles. The number of nitrogens with one attached hydrogen (secondary N) is 1. The van der Waals surface area contributed by atoms with Crippen LogP contribution in [0.2, 0.25) is 0 Å². The van der Waals surface area contributed by atoms with Gasteiger partial charge in [0.25, 0.3) is 5.71 Å². The van der Waals surface area contributed by atoms with E-state index in [-0.39, 0.29) is 11.8 Å². The molecule has 7 nitrogen and oxygen atoms in total. The second kappa shape index (κ2) is 9.47. The number of rotatable bonds is 7. The van der Waals surface area contributed by atoms with E-state index < -0.39 is 0 Å². The van der Waals surface area contributed by atoms with Crippen molar-refractivity contribution in [1.82, 2.24) is 20.4 Å². The zero-order valence-electron chi connectivity index (χ0n) is 17.4. The molecule has 0 saturated carbocycles. The molecular weight excluding hydrogens is 398 g/mol. The predicted molar refractivity (Wildman–Crippen MR) is 119 cm³/mol. The molecule has 1 saturated heterocycles. The molecule has 1 aliphatic rings. The van der Waals surface area contributed by atoms with E-state index in [2.05, 4.69) is 55.9 Å². The first-order chi connectivity index (χ1) is 14.7. The Kier molecular flexibility index (Phi) is 6.52. The Balaban J connectivity index is 1.38. The van der Waals surface area contributed by atoms with Crippen LogP contribution in [-0.2, 0) is 17.6 Å². The molecule has 0 bridgehead atoms. The molecular formula is C22H27N5O2S. The Morgan fingerprint density at radius 3 is 2.90 bits per heavy atom. The summed E-state index contributed by atoms with van der Waals surface area (Å²) in [6.45, 7) is 4.20. The Labute approximate surface area is 180 Å². The first-order valence-electron chi connectivity index (χ1n) is 10.4. The molecule has 3 aromatic rings. The molecule has 1 N–H and O–H groups in total. The second-order valence-corrected chi connectivity index (χ2v) is 8.41. The van der Waals surface area contributed by atoms with Gasteiger partial charge >= 0.3 is 0 Å². The SMILES string of the molecule is CCc1noc2ncnc(N3CCC[C@H](C(=O)NCCc4ccc(SC)cc4)C3)c12. The topological polar surface area (TPSA) is 84.2 Å². The van der Waals surface area contributed by atoms with Crippen LogP contribution >= 0.6 is 11.8 Å². The van der Waals surface area contributed by atoms with Crippen LogP contribution in [0.3, 0.4) is 0 Å². The maximum atomic E-state index is 12.8. The lowest BCUT2D eigenvalue weighted by molar-refractivity contribution is -0.125. The zero-order chi connectivity index (χ0) is 20.9. The minimum Gasteiger partial charge on any atom is -0.355 e. The fourth-order valence-corrected chi connectivity index (χ4v) is 4.37. The van der Waals surface area contributed by atoms with Crippen LogP contribution in [-0.4, -0.2) is 46.9 Å². The Morgan fingerprint density at radius 2 is 2.13 bits per heavy atom. The van der Waals surface area contributed by atoms with E-state index in [0.29, 0.717) is 18.8 Å². The molecule has 0 unspecified atom stereocenters. The Hall–Kier alpha value is -2.61. The van der Waals surface area contributed by atoms with Crippen LogP contribution in [0.15, 0.2) is 40.0 Å². The first kappa shape index (κ1) is 20.7. The molecule has 0 aliphatic carbocycles. The highest BCUT2D eigenvalue weighted by atomic mass is 32.2. The van der Waals surface area contributed by atoms with Crippen molar-refractivity contribution >= 4 is 34.6 Å². The summed E-state index contributed by atoms with van der Waals surface area (Å²) < 4.78 is 5.35. The van der Waals surface area contributed by atoms with Crippen molar-refractivity contribution in [1.29, 1.82) is 0 Å². The summed E-state index contributed by atoms with van der Waals surface area (Å²) in [5, 5.41) is 8.11. The largest absolute Gasteiger partial charge is 0.355 e. The summed E-state index contributed by atoms with van der Waals surface area (Å²) in [6.07, 6.45) is 7.01. The third-order valence-corrected chi connectivity index (χ3v) is 6.37. The smallest absolute Gasteiger partial charge is 0.263 e. The number of hydrogen-bond donors (Lipinski definition) is 1. The molecule has 1 amide bonds. The summed E-state index contributed by atoms with van der Waals surface area (Å²) in [6, 6.07) is 8.51. The molecule has 1 aliphatic heterocycles. The Bertz CT molecular complexity index is 1000. The van der Waals surface area contributed by atoms with Crippen molar-refractivity contribution in [2.24, 2.45) is 5.92 Å². The van der Waals surface area contributed by atoms with Crippen molar-refractivity contribution < 1.29 is 9.32 Å². The highest BCUT2D eigenvalue weighted by Gasteiger charge is 2.28. The van der Waals surface area contributed by atoms with Gasteiger partial charge in [0.1, 0.15) is 17.5 Å². The molecule has 1 fully saturated rings. The van der Waals surface area contributed by atoms with Gasteiger partial charge < -0.3 is 14.7 Å². The summed E-state index contributed by atoms with van der Waals surface area (Å²) in [5.41, 5.74) is 2.61. The Morgan fingerprint density at radius 1 is 1.30 bits per heavy atom. The lowest BCUT2D eigenvalue weighted by atomic mass is 9.96. The van der Waals surface area contributed by atoms with Gasteiger partial charge in [0.05, 0.1) is 11.6 Å². The molecule has 1 atom stereocenters. The van der Waals surface area contributed by atoms with Gasteiger partial charge in [0.2, 0.25) is 5.91 Å². The molecule has 0 radical (unpaired) electrons. The van der Waals surface area contributed by atoms with Crippen LogP contribution in [0.25, 0.3) is 11.1 Å². The highest BCUT2D eigenvalue weighted by Crippen LogP contribution is 2.30. The van der Waals surface area contributed by atoms with Crippen molar-refractivity contribution in [3.05, 3.63) is 41.9 Å². The van der Waals surface area contributed by atoms with Crippen molar-refractivity contribution in [2.45, 2.75) is 37.5 Å². The van der Waals surface area contributed by atoms with Gasteiger partial charge in [-0.2, -0.15) is 4.98 Å². The number of aromatic nitrogens is 3. The quantitative estimate of drug-likeness (QED) is 0.580. The number of thioether (sulfide) groups is 1. The monoisotopic (exact) mass is 425 g/mol. The summed E-state index contributed by atoms with van der Waals surface area (Å²) >= 11 is 1.73. The van der Waals surface area contributed by atoms with Gasteiger partial charge in [0.15, 0.2) is 0 Å². The lowest BCUT2D eigenvalue weighted by Gasteiger charge is -2.33. The number of anilines is 1. The first-order valence-corrected chi connectivity index (χ1v) is 11.7. The van der Waals surface area contributed by atoms with Crippen LogP contribution in [0.4, 0.5) is 5.82 Å².